The van der Waals surface area contributed by atoms with E-state index >= 15 is 0 Å². The van der Waals surface area contributed by atoms with Crippen LogP contribution in [0.2, 0.25) is 0 Å². The minimum Gasteiger partial charge on any atom is -0.355 e. The Morgan fingerprint density at radius 2 is 1.80 bits per heavy atom. The molecule has 11 heteroatoms. The number of piperidine rings is 1. The number of rotatable bonds is 14. The van der Waals surface area contributed by atoms with Crippen molar-refractivity contribution in [2.24, 2.45) is 18.9 Å². The van der Waals surface area contributed by atoms with Crippen molar-refractivity contribution in [1.82, 2.24) is 24.7 Å². The van der Waals surface area contributed by atoms with Crippen LogP contribution in [-0.4, -0.2) is 56.1 Å². The molecule has 1 saturated carbocycles. The number of aryl methyl sites for hydroxylation is 2. The number of alkyl halides is 2. The van der Waals surface area contributed by atoms with E-state index < -0.39 is 5.92 Å². The third-order valence-electron chi connectivity index (χ3n) is 9.54. The second-order valence-electron chi connectivity index (χ2n) is 13.0. The zero-order valence-corrected chi connectivity index (χ0v) is 28.1. The van der Waals surface area contributed by atoms with E-state index in [1.807, 2.05) is 56.0 Å². The van der Waals surface area contributed by atoms with Gasteiger partial charge >= 0.3 is 0 Å². The van der Waals surface area contributed by atoms with Gasteiger partial charge < -0.3 is 10.2 Å². The lowest BCUT2D eigenvalue weighted by molar-refractivity contribution is -0.113. The molecular weight excluding hydrogens is 622 g/mol. The first-order valence-corrected chi connectivity index (χ1v) is 17.2. The highest BCUT2D eigenvalue weighted by atomic mass is 19.3. The SMILES string of the molecule is CCCC1/C(=C(\C(=O)CCc2ccccc2)c2ccc(-c3cnn(C)c3)cn2)C1CCCNc1ncc(C#N)c(N2CCC(F)(F)CC2)n1. The van der Waals surface area contributed by atoms with Gasteiger partial charge in [-0.1, -0.05) is 49.7 Å². The molecule has 2 aliphatic rings. The van der Waals surface area contributed by atoms with Crippen LogP contribution in [0.25, 0.3) is 16.7 Å². The molecule has 1 aliphatic heterocycles. The quantitative estimate of drug-likeness (QED) is 0.111. The van der Waals surface area contributed by atoms with E-state index in [0.717, 1.165) is 53.6 Å². The molecule has 49 heavy (non-hydrogen) atoms. The van der Waals surface area contributed by atoms with E-state index in [1.165, 1.54) is 11.8 Å². The molecule has 2 atom stereocenters. The maximum Gasteiger partial charge on any atom is 0.251 e. The smallest absolute Gasteiger partial charge is 0.251 e. The number of nitriles is 1. The Kier molecular flexibility index (Phi) is 10.4. The average molecular weight is 665 g/mol. The lowest BCUT2D eigenvalue weighted by atomic mass is 9.97. The number of nitrogens with zero attached hydrogens (tertiary/aromatic N) is 7. The minimum atomic E-state index is -2.69. The van der Waals surface area contributed by atoms with Crippen LogP contribution in [-0.2, 0) is 18.3 Å². The second-order valence-corrected chi connectivity index (χ2v) is 13.0. The van der Waals surface area contributed by atoms with E-state index in [2.05, 4.69) is 45.5 Å². The fourth-order valence-electron chi connectivity index (χ4n) is 6.88. The molecule has 4 heterocycles. The van der Waals surface area contributed by atoms with Gasteiger partial charge in [-0.2, -0.15) is 15.3 Å². The van der Waals surface area contributed by atoms with Gasteiger partial charge in [0.2, 0.25) is 5.95 Å². The number of carbonyl (C=O) groups excluding carboxylic acids is 1. The van der Waals surface area contributed by atoms with Crippen molar-refractivity contribution in [2.45, 2.75) is 64.2 Å². The number of ketones is 1. The topological polar surface area (TPSA) is 113 Å². The Hall–Kier alpha value is -4.98. The number of Topliss-reactive ketones (excluding diaryl/α,β-unsaturated/α-hetero) is 1. The summed E-state index contributed by atoms with van der Waals surface area (Å²) in [6.45, 7) is 3.06. The molecule has 1 aromatic carbocycles. The summed E-state index contributed by atoms with van der Waals surface area (Å²) in [5, 5.41) is 17.1. The second kappa shape index (κ2) is 15.1. The van der Waals surface area contributed by atoms with Crippen molar-refractivity contribution in [2.75, 3.05) is 29.9 Å². The van der Waals surface area contributed by atoms with Gasteiger partial charge in [0.1, 0.15) is 11.6 Å². The lowest BCUT2D eigenvalue weighted by Crippen LogP contribution is -2.40. The molecule has 3 aromatic heterocycles. The number of nitrogens with one attached hydrogen (secondary N) is 1. The monoisotopic (exact) mass is 664 g/mol. The Balaban J connectivity index is 1.17. The lowest BCUT2D eigenvalue weighted by Gasteiger charge is -2.32. The van der Waals surface area contributed by atoms with Crippen molar-refractivity contribution in [3.05, 3.63) is 89.6 Å². The maximum atomic E-state index is 14.0. The van der Waals surface area contributed by atoms with E-state index in [9.17, 15) is 18.8 Å². The van der Waals surface area contributed by atoms with Gasteiger partial charge in [0.25, 0.3) is 5.92 Å². The van der Waals surface area contributed by atoms with Crippen LogP contribution in [0, 0.1) is 23.2 Å². The van der Waals surface area contributed by atoms with Crippen LogP contribution in [0.3, 0.4) is 0 Å². The summed E-state index contributed by atoms with van der Waals surface area (Å²) in [4.78, 5) is 29.4. The van der Waals surface area contributed by atoms with Crippen LogP contribution in [0.5, 0.6) is 0 Å². The molecule has 1 aliphatic carbocycles. The predicted molar refractivity (Wildman–Crippen MR) is 186 cm³/mol. The molecule has 1 saturated heterocycles. The van der Waals surface area contributed by atoms with Gasteiger partial charge in [0, 0.05) is 75.0 Å². The first-order valence-electron chi connectivity index (χ1n) is 17.2. The summed E-state index contributed by atoms with van der Waals surface area (Å²) in [6, 6.07) is 16.2. The van der Waals surface area contributed by atoms with Crippen LogP contribution in [0.15, 0.2) is 72.8 Å². The van der Waals surface area contributed by atoms with Gasteiger partial charge in [0.15, 0.2) is 11.6 Å². The summed E-state index contributed by atoms with van der Waals surface area (Å²) in [5.41, 5.74) is 6.03. The molecule has 4 aromatic rings. The molecule has 2 unspecified atom stereocenters. The standard InChI is InChI=1S/C38H42F2N8O/c1-3-8-30-31(11-7-18-42-37-44-23-28(21-41)36(46-37)48-19-16-38(39,40)17-20-48)34(30)35(33(49)15-12-26-9-5-4-6-10-26)32-14-13-27(22-43-32)29-24-45-47(2)25-29/h4-6,9-10,13-14,22-25,30-31H,3,7-8,11-12,15-20H2,1-2H3,(H,42,44,46)/b35-34+. The molecule has 9 nitrogen and oxygen atoms in total. The molecular formula is C38H42F2N8O. The third-order valence-corrected chi connectivity index (χ3v) is 9.54. The van der Waals surface area contributed by atoms with Crippen molar-refractivity contribution < 1.29 is 13.6 Å². The number of pyridine rings is 1. The number of carbonyl (C=O) groups is 1. The number of hydrogen-bond acceptors (Lipinski definition) is 8. The van der Waals surface area contributed by atoms with Gasteiger partial charge in [0.05, 0.1) is 18.1 Å². The van der Waals surface area contributed by atoms with E-state index in [1.54, 1.807) is 9.58 Å². The normalized spacial score (nSPS) is 19.3. The number of benzene rings is 1. The Morgan fingerprint density at radius 3 is 2.47 bits per heavy atom. The summed E-state index contributed by atoms with van der Waals surface area (Å²) in [7, 11) is 1.88. The van der Waals surface area contributed by atoms with Crippen molar-refractivity contribution in [3.63, 3.8) is 0 Å². The zero-order chi connectivity index (χ0) is 34.4. The van der Waals surface area contributed by atoms with Crippen molar-refractivity contribution >= 4 is 23.1 Å². The molecule has 0 bridgehead atoms. The highest BCUT2D eigenvalue weighted by molar-refractivity contribution is 6.22. The molecule has 0 radical (unpaired) electrons. The van der Waals surface area contributed by atoms with Gasteiger partial charge in [-0.3, -0.25) is 14.5 Å². The summed E-state index contributed by atoms with van der Waals surface area (Å²) in [5.74, 6) is -1.18. The number of halogens is 2. The largest absolute Gasteiger partial charge is 0.355 e. The highest BCUT2D eigenvalue weighted by Crippen LogP contribution is 2.55. The van der Waals surface area contributed by atoms with Crippen LogP contribution in [0.4, 0.5) is 20.5 Å². The average Bonchev–Trinajstić information content (AvgIpc) is 3.57. The molecule has 6 rings (SSSR count). The molecule has 254 valence electrons. The van der Waals surface area contributed by atoms with Crippen molar-refractivity contribution in [1.29, 1.82) is 5.26 Å². The number of allylic oxidation sites excluding steroid dienone is 2. The van der Waals surface area contributed by atoms with Gasteiger partial charge in [-0.05, 0) is 54.7 Å². The molecule has 0 amide bonds. The summed E-state index contributed by atoms with van der Waals surface area (Å²) in [6.07, 6.45) is 11.3. The van der Waals surface area contributed by atoms with E-state index in [-0.39, 0.29) is 43.2 Å². The first-order chi connectivity index (χ1) is 23.8. The van der Waals surface area contributed by atoms with Crippen LogP contribution < -0.4 is 10.2 Å². The summed E-state index contributed by atoms with van der Waals surface area (Å²) < 4.78 is 29.3. The Labute approximate surface area is 286 Å². The van der Waals surface area contributed by atoms with E-state index in [0.29, 0.717) is 37.1 Å². The Bertz CT molecular complexity index is 1820. The minimum absolute atomic E-state index is 0.121. The van der Waals surface area contributed by atoms with Crippen LogP contribution in [0.1, 0.15) is 68.7 Å². The highest BCUT2D eigenvalue weighted by Gasteiger charge is 2.46. The predicted octanol–water partition coefficient (Wildman–Crippen LogP) is 7.27. The molecule has 2 fully saturated rings. The fourth-order valence-corrected chi connectivity index (χ4v) is 6.88. The number of hydrogen-bond donors (Lipinski definition) is 1. The van der Waals surface area contributed by atoms with Gasteiger partial charge in [-0.15, -0.1) is 0 Å². The van der Waals surface area contributed by atoms with Crippen molar-refractivity contribution in [3.8, 4) is 17.2 Å². The first kappa shape index (κ1) is 33.9. The Morgan fingerprint density at radius 1 is 1.02 bits per heavy atom. The van der Waals surface area contributed by atoms with Crippen LogP contribution >= 0.6 is 0 Å². The molecule has 1 N–H and O–H groups in total. The summed E-state index contributed by atoms with van der Waals surface area (Å²) >= 11 is 0. The number of aromatic nitrogens is 5. The fraction of sp³-hybridized carbons (Fsp3) is 0.421. The zero-order valence-electron chi connectivity index (χ0n) is 28.1. The number of anilines is 2. The van der Waals surface area contributed by atoms with E-state index in [4.69, 9.17) is 4.98 Å². The maximum absolute atomic E-state index is 14.0. The molecule has 0 spiro atoms. The van der Waals surface area contributed by atoms with Gasteiger partial charge in [-0.25, -0.2) is 13.8 Å². The third kappa shape index (κ3) is 8.19.